The van der Waals surface area contributed by atoms with Crippen molar-refractivity contribution < 1.29 is 9.53 Å². The summed E-state index contributed by atoms with van der Waals surface area (Å²) >= 11 is 0. The second kappa shape index (κ2) is 5.09. The van der Waals surface area contributed by atoms with Crippen LogP contribution in [-0.4, -0.2) is 61.2 Å². The topological polar surface area (TPSA) is 58.6 Å². The lowest BCUT2D eigenvalue weighted by molar-refractivity contribution is 0.0594. The lowest BCUT2D eigenvalue weighted by atomic mass is 10.3. The fourth-order valence-corrected chi connectivity index (χ4v) is 1.73. The highest BCUT2D eigenvalue weighted by molar-refractivity contribution is 5.87. The van der Waals surface area contributed by atoms with Gasteiger partial charge in [0.1, 0.15) is 0 Å². The van der Waals surface area contributed by atoms with E-state index in [1.807, 2.05) is 0 Å². The molecule has 0 N–H and O–H groups in total. The summed E-state index contributed by atoms with van der Waals surface area (Å²) in [6.07, 6.45) is 1.59. The van der Waals surface area contributed by atoms with Gasteiger partial charge in [-0.05, 0) is 13.1 Å². The number of esters is 1. The Labute approximate surface area is 100 Å². The Morgan fingerprint density at radius 3 is 2.71 bits per heavy atom. The third-order valence-corrected chi connectivity index (χ3v) is 2.82. The largest absolute Gasteiger partial charge is 0.464 e. The first-order valence-corrected chi connectivity index (χ1v) is 5.55. The van der Waals surface area contributed by atoms with E-state index in [9.17, 15) is 4.79 Å². The first-order chi connectivity index (χ1) is 8.20. The van der Waals surface area contributed by atoms with Crippen LogP contribution in [0.25, 0.3) is 0 Å². The molecule has 0 amide bonds. The number of carbonyl (C=O) groups is 1. The number of piperazine rings is 1. The third kappa shape index (κ3) is 2.71. The van der Waals surface area contributed by atoms with E-state index in [0.717, 1.165) is 26.2 Å². The fraction of sp³-hybridized carbons (Fsp3) is 0.545. The molecule has 6 nitrogen and oxygen atoms in total. The van der Waals surface area contributed by atoms with Crippen LogP contribution < -0.4 is 4.90 Å². The van der Waals surface area contributed by atoms with Gasteiger partial charge in [-0.3, -0.25) is 0 Å². The van der Waals surface area contributed by atoms with Crippen LogP contribution in [0.2, 0.25) is 0 Å². The Kier molecular flexibility index (Phi) is 3.53. The molecule has 1 fully saturated rings. The molecule has 0 spiro atoms. The summed E-state index contributed by atoms with van der Waals surface area (Å²) in [5, 5.41) is 0. The molecule has 0 aliphatic carbocycles. The number of rotatable bonds is 2. The van der Waals surface area contributed by atoms with Crippen molar-refractivity contribution in [3.05, 3.63) is 18.0 Å². The van der Waals surface area contributed by atoms with Crippen LogP contribution in [0.15, 0.2) is 12.3 Å². The molecule has 6 heteroatoms. The van der Waals surface area contributed by atoms with Crippen LogP contribution in [0.1, 0.15) is 10.5 Å². The molecule has 1 aliphatic heterocycles. The first kappa shape index (κ1) is 11.8. The van der Waals surface area contributed by atoms with Gasteiger partial charge in [-0.1, -0.05) is 0 Å². The number of hydrogen-bond donors (Lipinski definition) is 0. The number of likely N-dealkylation sites (N-methyl/N-ethyl adjacent to an activating group) is 1. The van der Waals surface area contributed by atoms with Crippen LogP contribution in [-0.2, 0) is 4.74 Å². The van der Waals surface area contributed by atoms with Gasteiger partial charge in [0.2, 0.25) is 5.95 Å². The van der Waals surface area contributed by atoms with E-state index in [-0.39, 0.29) is 0 Å². The zero-order chi connectivity index (χ0) is 12.3. The molecule has 2 heterocycles. The first-order valence-electron chi connectivity index (χ1n) is 5.55. The molecule has 1 aromatic rings. The van der Waals surface area contributed by atoms with Gasteiger partial charge in [0, 0.05) is 32.4 Å². The number of methoxy groups -OCH3 is 1. The second-order valence-corrected chi connectivity index (χ2v) is 4.02. The van der Waals surface area contributed by atoms with Crippen molar-refractivity contribution in [2.24, 2.45) is 0 Å². The van der Waals surface area contributed by atoms with Gasteiger partial charge in [-0.25, -0.2) is 14.8 Å². The average molecular weight is 236 g/mol. The molecule has 0 bridgehead atoms. The summed E-state index contributed by atoms with van der Waals surface area (Å²) in [5.74, 6) is 0.170. The third-order valence-electron chi connectivity index (χ3n) is 2.82. The van der Waals surface area contributed by atoms with Gasteiger partial charge in [0.15, 0.2) is 5.69 Å². The van der Waals surface area contributed by atoms with Crippen molar-refractivity contribution >= 4 is 11.9 Å². The number of aromatic nitrogens is 2. The molecule has 1 saturated heterocycles. The minimum absolute atomic E-state index is 0.302. The smallest absolute Gasteiger partial charge is 0.356 e. The summed E-state index contributed by atoms with van der Waals surface area (Å²) in [7, 11) is 3.43. The summed E-state index contributed by atoms with van der Waals surface area (Å²) in [6, 6.07) is 1.56. The minimum atomic E-state index is -0.428. The highest BCUT2D eigenvalue weighted by atomic mass is 16.5. The van der Waals surface area contributed by atoms with E-state index < -0.39 is 5.97 Å². The van der Waals surface area contributed by atoms with Crippen LogP contribution in [0.5, 0.6) is 0 Å². The molecule has 0 saturated carbocycles. The maximum absolute atomic E-state index is 11.4. The standard InChI is InChI=1S/C11H16N4O2/c1-14-5-7-15(8-6-14)11-12-4-3-9(13-11)10(16)17-2/h3-4H,5-8H2,1-2H3. The number of anilines is 1. The molecular weight excluding hydrogens is 220 g/mol. The van der Waals surface area contributed by atoms with Crippen molar-refractivity contribution in [2.45, 2.75) is 0 Å². The predicted octanol–water partition coefficient (Wildman–Crippen LogP) is 0.0150. The van der Waals surface area contributed by atoms with E-state index in [1.165, 1.54) is 7.11 Å². The summed E-state index contributed by atoms with van der Waals surface area (Å²) < 4.78 is 4.64. The Morgan fingerprint density at radius 1 is 1.35 bits per heavy atom. The van der Waals surface area contributed by atoms with Gasteiger partial charge in [0.25, 0.3) is 0 Å². The zero-order valence-corrected chi connectivity index (χ0v) is 10.1. The molecule has 1 aromatic heterocycles. The van der Waals surface area contributed by atoms with Crippen molar-refractivity contribution in [3.8, 4) is 0 Å². The van der Waals surface area contributed by atoms with Gasteiger partial charge in [0.05, 0.1) is 7.11 Å². The summed E-state index contributed by atoms with van der Waals surface area (Å²) in [5.41, 5.74) is 0.302. The molecule has 0 aromatic carbocycles. The van der Waals surface area contributed by atoms with E-state index in [1.54, 1.807) is 12.3 Å². The van der Waals surface area contributed by atoms with Crippen molar-refractivity contribution in [3.63, 3.8) is 0 Å². The van der Waals surface area contributed by atoms with Crippen molar-refractivity contribution in [1.29, 1.82) is 0 Å². The quantitative estimate of drug-likeness (QED) is 0.674. The molecule has 0 radical (unpaired) electrons. The summed E-state index contributed by atoms with van der Waals surface area (Å²) in [6.45, 7) is 3.71. The van der Waals surface area contributed by atoms with Crippen LogP contribution in [0, 0.1) is 0 Å². The summed E-state index contributed by atoms with van der Waals surface area (Å²) in [4.78, 5) is 24.1. The second-order valence-electron chi connectivity index (χ2n) is 4.02. The Bertz CT molecular complexity index is 402. The monoisotopic (exact) mass is 236 g/mol. The number of ether oxygens (including phenoxy) is 1. The Hall–Kier alpha value is -1.69. The SMILES string of the molecule is COC(=O)c1ccnc(N2CCN(C)CC2)n1. The number of carbonyl (C=O) groups excluding carboxylic acids is 1. The van der Waals surface area contributed by atoms with Crippen LogP contribution in [0.4, 0.5) is 5.95 Å². The van der Waals surface area contributed by atoms with Crippen LogP contribution in [0.3, 0.4) is 0 Å². The molecular formula is C11H16N4O2. The fourth-order valence-electron chi connectivity index (χ4n) is 1.73. The minimum Gasteiger partial charge on any atom is -0.464 e. The zero-order valence-electron chi connectivity index (χ0n) is 10.1. The van der Waals surface area contributed by atoms with Gasteiger partial charge >= 0.3 is 5.97 Å². The van der Waals surface area contributed by atoms with Crippen molar-refractivity contribution in [2.75, 3.05) is 45.2 Å². The Morgan fingerprint density at radius 2 is 2.06 bits per heavy atom. The molecule has 2 rings (SSSR count). The highest BCUT2D eigenvalue weighted by Crippen LogP contribution is 2.10. The van der Waals surface area contributed by atoms with Gasteiger partial charge in [-0.15, -0.1) is 0 Å². The average Bonchev–Trinajstić information content (AvgIpc) is 2.39. The number of hydrogen-bond acceptors (Lipinski definition) is 6. The van der Waals surface area contributed by atoms with E-state index in [4.69, 9.17) is 0 Å². The lowest BCUT2D eigenvalue weighted by Crippen LogP contribution is -2.45. The number of nitrogens with zero attached hydrogens (tertiary/aromatic N) is 4. The Balaban J connectivity index is 2.13. The predicted molar refractivity (Wildman–Crippen MR) is 63.1 cm³/mol. The molecule has 92 valence electrons. The van der Waals surface area contributed by atoms with Gasteiger partial charge in [-0.2, -0.15) is 0 Å². The lowest BCUT2D eigenvalue weighted by Gasteiger charge is -2.32. The van der Waals surface area contributed by atoms with E-state index >= 15 is 0 Å². The molecule has 17 heavy (non-hydrogen) atoms. The van der Waals surface area contributed by atoms with E-state index in [0.29, 0.717) is 11.6 Å². The highest BCUT2D eigenvalue weighted by Gasteiger charge is 2.17. The van der Waals surface area contributed by atoms with Crippen molar-refractivity contribution in [1.82, 2.24) is 14.9 Å². The van der Waals surface area contributed by atoms with Gasteiger partial charge < -0.3 is 14.5 Å². The normalized spacial score (nSPS) is 16.9. The molecule has 0 unspecified atom stereocenters. The van der Waals surface area contributed by atoms with Crippen LogP contribution >= 0.6 is 0 Å². The van der Waals surface area contributed by atoms with E-state index in [2.05, 4.69) is 31.6 Å². The maximum Gasteiger partial charge on any atom is 0.356 e. The molecule has 0 atom stereocenters. The maximum atomic E-state index is 11.4. The molecule has 1 aliphatic rings.